The molecule has 0 aliphatic carbocycles. The van der Waals surface area contributed by atoms with Gasteiger partial charge in [-0.1, -0.05) is 86.5 Å². The molecule has 0 bridgehead atoms. The number of aryl methyl sites for hydroxylation is 9. The van der Waals surface area contributed by atoms with Crippen LogP contribution < -0.4 is 10.7 Å². The van der Waals surface area contributed by atoms with Crippen molar-refractivity contribution in [2.24, 2.45) is 0 Å². The molecule has 67 heavy (non-hydrogen) atoms. The Hall–Kier alpha value is -6.37. The van der Waals surface area contributed by atoms with Crippen molar-refractivity contribution in [1.29, 1.82) is 0 Å². The van der Waals surface area contributed by atoms with Crippen molar-refractivity contribution >= 4 is 41.3 Å². The summed E-state index contributed by atoms with van der Waals surface area (Å²) in [4.78, 5) is 0. The summed E-state index contributed by atoms with van der Waals surface area (Å²) in [6.45, 7) is 24.6. The van der Waals surface area contributed by atoms with Crippen LogP contribution in [0.4, 0.5) is 0 Å². The van der Waals surface area contributed by atoms with Crippen molar-refractivity contribution < 1.29 is 22.8 Å². The first-order chi connectivity index (χ1) is 32.2. The van der Waals surface area contributed by atoms with E-state index in [9.17, 15) is 4.57 Å². The second-order valence-corrected chi connectivity index (χ2v) is 21.5. The van der Waals surface area contributed by atoms with Crippen molar-refractivity contribution in [3.05, 3.63) is 221 Å². The Bertz CT molecular complexity index is 3600. The molecule has 0 saturated heterocycles. The predicted molar refractivity (Wildman–Crippen MR) is 270 cm³/mol. The first kappa shape index (κ1) is 42.0. The topological polar surface area (TPSA) is 51.4 Å². The van der Waals surface area contributed by atoms with Crippen LogP contribution in [-0.4, -0.2) is 42.9 Å². The molecular formula is C59H57N4O3P+2. The zero-order valence-electron chi connectivity index (χ0n) is 40.5. The SMILES string of the molecule is CCOP(=O)(Cc1ccc(C2=c3ccc4n3C35n6c(ccc6C(c6c(C)cc(C)cc6C)=C6C=CC(=[N+]63)C=4c3c(C)cc(C)cc3C)C(c3c(C)cc(C)cc3C)=C3C=CC2=[N+]35)cc1)OCC. The minimum Gasteiger partial charge on any atom is -0.309 e. The summed E-state index contributed by atoms with van der Waals surface area (Å²) in [5, 5.41) is 2.32. The zero-order valence-corrected chi connectivity index (χ0v) is 41.4. The van der Waals surface area contributed by atoms with Gasteiger partial charge < -0.3 is 9.05 Å². The quantitative estimate of drug-likeness (QED) is 0.102. The van der Waals surface area contributed by atoms with Gasteiger partial charge in [0.2, 0.25) is 22.8 Å². The Kier molecular flexibility index (Phi) is 9.13. The Morgan fingerprint density at radius 3 is 1.33 bits per heavy atom. The highest BCUT2D eigenvalue weighted by molar-refractivity contribution is 7.53. The molecule has 8 heteroatoms. The second kappa shape index (κ2) is 14.6. The van der Waals surface area contributed by atoms with E-state index in [4.69, 9.17) is 9.05 Å². The van der Waals surface area contributed by atoms with E-state index in [-0.39, 0.29) is 6.16 Å². The van der Waals surface area contributed by atoms with Gasteiger partial charge in [0.05, 0.1) is 63.8 Å². The van der Waals surface area contributed by atoms with Crippen molar-refractivity contribution in [1.82, 2.24) is 9.13 Å². The van der Waals surface area contributed by atoms with Gasteiger partial charge in [-0.2, -0.15) is 9.13 Å². The van der Waals surface area contributed by atoms with E-state index in [1.807, 2.05) is 13.8 Å². The standard InChI is InChI=1S/C59H57N4O3P/c1-12-65-67(64,66-13-2)32-42-14-16-43(17-15-42)55-44-18-20-46-56(52-36(6)26-33(3)27-37(52)7)48-22-24-50-58(54-40(10)30-35(5)31-41(54)11)51-25-23-49-57(53-38(8)28-34(4)29-39(53)9)47-21-19-45(55)61(47)59(60(44)46,62(48)50)63(49)51/h14-31H,12-13,32H2,1-11H3/q+2. The monoisotopic (exact) mass is 900 g/mol. The summed E-state index contributed by atoms with van der Waals surface area (Å²) < 4.78 is 36.0. The van der Waals surface area contributed by atoms with Gasteiger partial charge in [-0.15, -0.1) is 0 Å². The zero-order chi connectivity index (χ0) is 46.6. The lowest BCUT2D eigenvalue weighted by molar-refractivity contribution is -0.834. The van der Waals surface area contributed by atoms with Crippen LogP contribution in [0.5, 0.6) is 0 Å². The Morgan fingerprint density at radius 2 is 0.896 bits per heavy atom. The molecule has 2 aromatic heterocycles. The third-order valence-corrected chi connectivity index (χ3v) is 16.9. The van der Waals surface area contributed by atoms with E-state index in [0.717, 1.165) is 27.8 Å². The van der Waals surface area contributed by atoms with Crippen LogP contribution >= 0.6 is 7.60 Å². The molecule has 334 valence electrons. The minimum absolute atomic E-state index is 0.215. The van der Waals surface area contributed by atoms with E-state index in [2.05, 4.69) is 190 Å². The maximum Gasteiger partial charge on any atom is 0.553 e. The summed E-state index contributed by atoms with van der Waals surface area (Å²) >= 11 is 0. The number of aromatic nitrogens is 2. The molecule has 0 fully saturated rings. The molecule has 0 N–H and O–H groups in total. The maximum absolute atomic E-state index is 13.8. The summed E-state index contributed by atoms with van der Waals surface area (Å²) in [7, 11) is -3.31. The van der Waals surface area contributed by atoms with Gasteiger partial charge in [-0.25, -0.2) is 0 Å². The van der Waals surface area contributed by atoms with Crippen molar-refractivity contribution in [2.75, 3.05) is 13.2 Å². The molecular weight excluding hydrogens is 844 g/mol. The van der Waals surface area contributed by atoms with Gasteiger partial charge in [0.1, 0.15) is 0 Å². The average molecular weight is 901 g/mol. The molecule has 0 radical (unpaired) electrons. The number of hydrogen-bond donors (Lipinski definition) is 0. The molecule has 7 nitrogen and oxygen atoms in total. The van der Waals surface area contributed by atoms with E-state index < -0.39 is 13.5 Å². The van der Waals surface area contributed by atoms with E-state index in [1.54, 1.807) is 0 Å². The van der Waals surface area contributed by atoms with Gasteiger partial charge in [-0.05, 0) is 162 Å². The molecule has 1 unspecified atom stereocenters. The van der Waals surface area contributed by atoms with E-state index >= 15 is 0 Å². The third kappa shape index (κ3) is 5.57. The van der Waals surface area contributed by atoms with Crippen molar-refractivity contribution in [3.63, 3.8) is 0 Å². The number of hydrogen-bond acceptors (Lipinski definition) is 3. The molecule has 6 aliphatic rings. The van der Waals surface area contributed by atoms with Crippen molar-refractivity contribution in [3.8, 4) is 0 Å². The fourth-order valence-electron chi connectivity index (χ4n) is 13.0. The highest BCUT2D eigenvalue weighted by Crippen LogP contribution is 2.55. The van der Waals surface area contributed by atoms with Crippen LogP contribution in [-0.2, 0) is 25.7 Å². The Labute approximate surface area is 393 Å². The lowest BCUT2D eigenvalue weighted by atomic mass is 9.87. The van der Waals surface area contributed by atoms with E-state index in [1.165, 1.54) is 117 Å². The molecule has 4 aromatic carbocycles. The fourth-order valence-corrected chi connectivity index (χ4v) is 14.7. The summed E-state index contributed by atoms with van der Waals surface area (Å²) in [6.07, 6.45) is 9.75. The van der Waals surface area contributed by atoms with Gasteiger partial charge in [0.25, 0.3) is 0 Å². The van der Waals surface area contributed by atoms with Crippen LogP contribution in [0.25, 0.3) is 22.3 Å². The Morgan fingerprint density at radius 1 is 0.493 bits per heavy atom. The summed E-state index contributed by atoms with van der Waals surface area (Å²) in [6, 6.07) is 32.2. The largest absolute Gasteiger partial charge is 0.553 e. The van der Waals surface area contributed by atoms with Crippen LogP contribution in [0, 0.1) is 62.3 Å². The molecule has 0 amide bonds. The van der Waals surface area contributed by atoms with Gasteiger partial charge in [0, 0.05) is 24.3 Å². The van der Waals surface area contributed by atoms with Crippen LogP contribution in [0.15, 0.2) is 121 Å². The molecule has 1 spiro atoms. The summed E-state index contributed by atoms with van der Waals surface area (Å²) in [5.41, 5.74) is 29.2. The number of benzene rings is 4. The molecule has 1 atom stereocenters. The highest BCUT2D eigenvalue weighted by Gasteiger charge is 2.73. The number of rotatable bonds is 10. The normalized spacial score (nSPS) is 18.4. The van der Waals surface area contributed by atoms with Gasteiger partial charge in [0.15, 0.2) is 0 Å². The number of allylic oxidation sites excluding steroid dienone is 4. The fraction of sp³-hybridized carbons (Fsp3) is 0.254. The minimum atomic E-state index is -3.31. The lowest BCUT2D eigenvalue weighted by Gasteiger charge is -2.41. The van der Waals surface area contributed by atoms with E-state index in [0.29, 0.717) is 13.2 Å². The van der Waals surface area contributed by atoms with Crippen LogP contribution in [0.3, 0.4) is 0 Å². The third-order valence-electron chi connectivity index (χ3n) is 14.8. The maximum atomic E-state index is 13.8. The van der Waals surface area contributed by atoms with Crippen LogP contribution in [0.1, 0.15) is 103 Å². The van der Waals surface area contributed by atoms with Crippen molar-refractivity contribution in [2.45, 2.75) is 88.2 Å². The van der Waals surface area contributed by atoms with Gasteiger partial charge in [-0.3, -0.25) is 4.57 Å². The predicted octanol–water partition coefficient (Wildman–Crippen LogP) is 11.0. The van der Waals surface area contributed by atoms with Crippen LogP contribution in [0.2, 0.25) is 0 Å². The molecule has 0 saturated carbocycles. The molecule has 12 rings (SSSR count). The lowest BCUT2D eigenvalue weighted by Crippen LogP contribution is -2.71. The second-order valence-electron chi connectivity index (χ2n) is 19.5. The summed E-state index contributed by atoms with van der Waals surface area (Å²) in [5.74, 6) is -0.891. The highest BCUT2D eigenvalue weighted by atomic mass is 31.2. The molecule has 6 aliphatic heterocycles. The number of nitrogens with zero attached hydrogens (tertiary/aromatic N) is 4. The van der Waals surface area contributed by atoms with Gasteiger partial charge >= 0.3 is 13.5 Å². The first-order valence-electron chi connectivity index (χ1n) is 23.8. The smallest absolute Gasteiger partial charge is 0.309 e. The Balaban J connectivity index is 1.26. The molecule has 6 aromatic rings. The average Bonchev–Trinajstić information content (AvgIpc) is 4.08. The first-order valence-corrected chi connectivity index (χ1v) is 25.5. The molecule has 8 heterocycles.